The van der Waals surface area contributed by atoms with Gasteiger partial charge in [-0.1, -0.05) is 42.0 Å². The quantitative estimate of drug-likeness (QED) is 0.734. The number of ether oxygens (including phenoxy) is 1. The molecule has 2 atom stereocenters. The van der Waals surface area contributed by atoms with Gasteiger partial charge in [-0.15, -0.1) is 0 Å². The van der Waals surface area contributed by atoms with E-state index in [1.165, 1.54) is 22.3 Å². The lowest BCUT2D eigenvalue weighted by Gasteiger charge is -2.24. The maximum absolute atomic E-state index is 5.87. The Morgan fingerprint density at radius 3 is 2.44 bits per heavy atom. The summed E-state index contributed by atoms with van der Waals surface area (Å²) in [4.78, 5) is 4.57. The van der Waals surface area contributed by atoms with Gasteiger partial charge in [0.25, 0.3) is 0 Å². The van der Waals surface area contributed by atoms with Crippen LogP contribution in [0.5, 0.6) is 0 Å². The second-order valence-electron chi connectivity index (χ2n) is 5.03. The molecule has 2 unspecified atom stereocenters. The van der Waals surface area contributed by atoms with Crippen LogP contribution in [0.1, 0.15) is 25.0 Å². The maximum atomic E-state index is 5.87. The van der Waals surface area contributed by atoms with E-state index in [2.05, 4.69) is 55.3 Å². The topological polar surface area (TPSA) is 21.6 Å². The molecule has 1 aromatic rings. The molecule has 0 saturated carbocycles. The minimum atomic E-state index is 0.0534. The van der Waals surface area contributed by atoms with Crippen LogP contribution in [0.3, 0.4) is 0 Å². The molecule has 92 valence electrons. The number of allylic oxidation sites excluding steroid dienone is 2. The molecule has 0 spiro atoms. The maximum Gasteiger partial charge on any atom is 0.181 e. The molecule has 1 aromatic carbocycles. The van der Waals surface area contributed by atoms with Crippen LogP contribution >= 0.6 is 0 Å². The second-order valence-corrected chi connectivity index (χ2v) is 5.03. The van der Waals surface area contributed by atoms with Crippen LogP contribution < -0.4 is 0 Å². The first-order chi connectivity index (χ1) is 8.65. The van der Waals surface area contributed by atoms with Gasteiger partial charge in [-0.2, -0.15) is 0 Å². The molecule has 3 rings (SSSR count). The summed E-state index contributed by atoms with van der Waals surface area (Å²) in [6, 6.07) is 8.75. The first-order valence-corrected chi connectivity index (χ1v) is 6.31. The summed E-state index contributed by atoms with van der Waals surface area (Å²) < 4.78 is 5.87. The molecule has 0 aromatic heterocycles. The van der Waals surface area contributed by atoms with Gasteiger partial charge < -0.3 is 4.74 Å². The Morgan fingerprint density at radius 2 is 1.72 bits per heavy atom. The second kappa shape index (κ2) is 4.13. The van der Waals surface area contributed by atoms with E-state index in [4.69, 9.17) is 4.74 Å². The fourth-order valence-electron chi connectivity index (χ4n) is 2.54. The van der Waals surface area contributed by atoms with E-state index in [1.54, 1.807) is 0 Å². The summed E-state index contributed by atoms with van der Waals surface area (Å²) in [5, 5.41) is 0. The van der Waals surface area contributed by atoms with Gasteiger partial charge in [0.2, 0.25) is 0 Å². The number of fused-ring (bicyclic) bond motifs is 1. The average Bonchev–Trinajstić information content (AvgIpc) is 2.74. The number of aliphatic imine (C=N–C) groups is 1. The summed E-state index contributed by atoms with van der Waals surface area (Å²) in [5.74, 6) is 0.790. The van der Waals surface area contributed by atoms with E-state index >= 15 is 0 Å². The highest BCUT2D eigenvalue weighted by Crippen LogP contribution is 2.35. The molecule has 2 heteroatoms. The smallest absolute Gasteiger partial charge is 0.181 e. The third kappa shape index (κ3) is 1.78. The van der Waals surface area contributed by atoms with Crippen LogP contribution in [0.15, 0.2) is 47.0 Å². The highest BCUT2D eigenvalue weighted by Gasteiger charge is 2.35. The van der Waals surface area contributed by atoms with Crippen LogP contribution in [-0.2, 0) is 4.74 Å². The monoisotopic (exact) mass is 239 g/mol. The number of benzene rings is 1. The van der Waals surface area contributed by atoms with Gasteiger partial charge in [0.15, 0.2) is 12.0 Å². The van der Waals surface area contributed by atoms with Gasteiger partial charge in [0.05, 0.1) is 0 Å². The van der Waals surface area contributed by atoms with Gasteiger partial charge in [-0.25, -0.2) is 4.99 Å². The third-order valence-corrected chi connectivity index (χ3v) is 3.59. The number of hydrogen-bond donors (Lipinski definition) is 0. The molecule has 0 amide bonds. The van der Waals surface area contributed by atoms with E-state index in [1.807, 2.05) is 6.92 Å². The lowest BCUT2D eigenvalue weighted by Crippen LogP contribution is -2.27. The molecule has 0 N–H and O–H groups in total. The molecule has 0 bridgehead atoms. The minimum Gasteiger partial charge on any atom is -0.471 e. The highest BCUT2D eigenvalue weighted by molar-refractivity contribution is 5.83. The molecule has 1 heterocycles. The summed E-state index contributed by atoms with van der Waals surface area (Å²) in [6.07, 6.45) is 4.37. The van der Waals surface area contributed by atoms with Crippen molar-refractivity contribution in [3.05, 3.63) is 53.1 Å². The van der Waals surface area contributed by atoms with Crippen LogP contribution in [0, 0.1) is 6.92 Å². The van der Waals surface area contributed by atoms with Crippen molar-refractivity contribution >= 4 is 11.5 Å². The Morgan fingerprint density at radius 1 is 1.00 bits per heavy atom. The van der Waals surface area contributed by atoms with E-state index in [0.29, 0.717) is 0 Å². The fraction of sp³-hybridized carbons (Fsp3) is 0.312. The van der Waals surface area contributed by atoms with Crippen molar-refractivity contribution in [2.45, 2.75) is 32.9 Å². The van der Waals surface area contributed by atoms with Gasteiger partial charge in [-0.05, 0) is 25.0 Å². The molecule has 0 saturated heterocycles. The van der Waals surface area contributed by atoms with E-state index < -0.39 is 0 Å². The van der Waals surface area contributed by atoms with Crippen molar-refractivity contribution in [1.29, 1.82) is 0 Å². The van der Waals surface area contributed by atoms with Crippen molar-refractivity contribution < 1.29 is 4.74 Å². The zero-order chi connectivity index (χ0) is 12.7. The molecule has 1 aliphatic carbocycles. The van der Waals surface area contributed by atoms with Crippen molar-refractivity contribution in [2.24, 2.45) is 4.99 Å². The van der Waals surface area contributed by atoms with Gasteiger partial charge >= 0.3 is 0 Å². The molecule has 1 aliphatic heterocycles. The predicted octanol–water partition coefficient (Wildman–Crippen LogP) is 3.52. The van der Waals surface area contributed by atoms with Gasteiger partial charge in [0.1, 0.15) is 6.04 Å². The van der Waals surface area contributed by atoms with Gasteiger partial charge in [-0.3, -0.25) is 0 Å². The lowest BCUT2D eigenvalue weighted by molar-refractivity contribution is 0.258. The number of aryl methyl sites for hydroxylation is 1. The van der Waals surface area contributed by atoms with Crippen molar-refractivity contribution in [3.63, 3.8) is 0 Å². The molecule has 2 nitrogen and oxygen atoms in total. The first kappa shape index (κ1) is 11.3. The first-order valence-electron chi connectivity index (χ1n) is 6.31. The predicted molar refractivity (Wildman–Crippen MR) is 74.7 cm³/mol. The van der Waals surface area contributed by atoms with Crippen LogP contribution in [0.25, 0.3) is 5.57 Å². The molecule has 18 heavy (non-hydrogen) atoms. The SMILES string of the molecule is CC1=CC=C(c2ccc(C)cc2)C2OC(C)=NC12. The van der Waals surface area contributed by atoms with Crippen LogP contribution in [-0.4, -0.2) is 18.0 Å². The summed E-state index contributed by atoms with van der Waals surface area (Å²) in [7, 11) is 0. The number of hydrogen-bond acceptors (Lipinski definition) is 2. The zero-order valence-corrected chi connectivity index (χ0v) is 11.0. The Kier molecular flexibility index (Phi) is 2.58. The minimum absolute atomic E-state index is 0.0534. The van der Waals surface area contributed by atoms with E-state index in [-0.39, 0.29) is 12.1 Å². The Bertz CT molecular complexity index is 563. The summed E-state index contributed by atoms with van der Waals surface area (Å²) >= 11 is 0. The Labute approximate surface area is 108 Å². The van der Waals surface area contributed by atoms with Gasteiger partial charge in [0, 0.05) is 12.5 Å². The van der Waals surface area contributed by atoms with Crippen LogP contribution in [0.4, 0.5) is 0 Å². The molecule has 0 radical (unpaired) electrons. The molecular weight excluding hydrogens is 222 g/mol. The normalized spacial score (nSPS) is 25.8. The zero-order valence-electron chi connectivity index (χ0n) is 11.0. The van der Waals surface area contributed by atoms with E-state index in [9.17, 15) is 0 Å². The van der Waals surface area contributed by atoms with Crippen molar-refractivity contribution in [3.8, 4) is 0 Å². The third-order valence-electron chi connectivity index (χ3n) is 3.59. The highest BCUT2D eigenvalue weighted by atomic mass is 16.5. The largest absolute Gasteiger partial charge is 0.471 e. The molecule has 2 aliphatic rings. The number of rotatable bonds is 1. The van der Waals surface area contributed by atoms with E-state index in [0.717, 1.165) is 5.90 Å². The molecule has 0 fully saturated rings. The summed E-state index contributed by atoms with van der Waals surface area (Å²) in [5.41, 5.74) is 5.00. The molecular formula is C16H17NO. The average molecular weight is 239 g/mol. The Hall–Kier alpha value is -1.83. The number of nitrogens with zero attached hydrogens (tertiary/aromatic N) is 1. The lowest BCUT2D eigenvalue weighted by atomic mass is 9.87. The standard InChI is InChI=1S/C16H17NO/c1-10-4-7-13(8-5-10)14-9-6-11(2)15-16(14)18-12(3)17-15/h4-9,15-16H,1-3H3. The van der Waals surface area contributed by atoms with Crippen molar-refractivity contribution in [1.82, 2.24) is 0 Å². The summed E-state index contributed by atoms with van der Waals surface area (Å²) in [6.45, 7) is 6.15. The van der Waals surface area contributed by atoms with Crippen molar-refractivity contribution in [2.75, 3.05) is 0 Å². The van der Waals surface area contributed by atoms with Crippen LogP contribution in [0.2, 0.25) is 0 Å². The Balaban J connectivity index is 2.00. The fourth-order valence-corrected chi connectivity index (χ4v) is 2.54.